The van der Waals surface area contributed by atoms with Gasteiger partial charge in [-0.05, 0) is 14.0 Å². The van der Waals surface area contributed by atoms with E-state index in [-0.39, 0.29) is 12.4 Å². The van der Waals surface area contributed by atoms with Crippen LogP contribution in [0.4, 0.5) is 0 Å². The maximum atomic E-state index is 5.51. The first-order valence-corrected chi connectivity index (χ1v) is 6.34. The number of hydrogen-bond donors (Lipinski definition) is 0. The molecule has 0 bridgehead atoms. The van der Waals surface area contributed by atoms with Crippen LogP contribution in [-0.4, -0.2) is 36.8 Å². The van der Waals surface area contributed by atoms with Crippen molar-refractivity contribution in [2.75, 3.05) is 32.1 Å². The van der Waals surface area contributed by atoms with Crippen LogP contribution in [0.1, 0.15) is 13.8 Å². The summed E-state index contributed by atoms with van der Waals surface area (Å²) in [6.07, 6.45) is 0. The van der Waals surface area contributed by atoms with Crippen LogP contribution in [0.3, 0.4) is 0 Å². The molecule has 0 aliphatic rings. The number of nitrogens with zero attached hydrogens (tertiary/aromatic N) is 1. The normalized spacial score (nSPS) is 12.7. The number of rotatable bonds is 7. The standard InChI is InChI=1S/C7H17BrNO2P.ClH/c1-4-9(3)12(10-5-2)11-7-6-8;/h4-7H2,1-3H3;1H. The second-order valence-corrected chi connectivity index (χ2v) is 4.62. The first-order valence-electron chi connectivity index (χ1n) is 4.09. The van der Waals surface area contributed by atoms with Crippen molar-refractivity contribution in [1.82, 2.24) is 4.67 Å². The monoisotopic (exact) mass is 293 g/mol. The molecule has 0 spiro atoms. The fourth-order valence-corrected chi connectivity index (χ4v) is 2.15. The lowest BCUT2D eigenvalue weighted by Gasteiger charge is -2.23. The van der Waals surface area contributed by atoms with Gasteiger partial charge in [0.2, 0.25) is 0 Å². The lowest BCUT2D eigenvalue weighted by Crippen LogP contribution is -2.14. The Morgan fingerprint density at radius 2 is 1.92 bits per heavy atom. The highest BCUT2D eigenvalue weighted by Gasteiger charge is 2.14. The Labute approximate surface area is 96.7 Å². The third-order valence-electron chi connectivity index (χ3n) is 1.25. The minimum atomic E-state index is -0.825. The molecule has 6 heteroatoms. The first-order chi connectivity index (χ1) is 5.76. The Bertz CT molecular complexity index is 112. The molecule has 0 saturated heterocycles. The van der Waals surface area contributed by atoms with Crippen molar-refractivity contribution < 1.29 is 9.05 Å². The van der Waals surface area contributed by atoms with Crippen molar-refractivity contribution in [3.05, 3.63) is 0 Å². The van der Waals surface area contributed by atoms with Gasteiger partial charge >= 0.3 is 0 Å². The Hall–Kier alpha value is 1.08. The Kier molecular flexibility index (Phi) is 14.2. The van der Waals surface area contributed by atoms with Crippen molar-refractivity contribution in [3.8, 4) is 0 Å². The van der Waals surface area contributed by atoms with E-state index < -0.39 is 8.53 Å². The molecular formula is C7H18BrClNO2P. The van der Waals surface area contributed by atoms with E-state index in [4.69, 9.17) is 9.05 Å². The molecule has 0 N–H and O–H groups in total. The third-order valence-corrected chi connectivity index (χ3v) is 3.30. The molecular weight excluding hydrogens is 276 g/mol. The maximum absolute atomic E-state index is 5.51. The zero-order valence-electron chi connectivity index (χ0n) is 8.33. The van der Waals surface area contributed by atoms with Crippen molar-refractivity contribution in [3.63, 3.8) is 0 Å². The van der Waals surface area contributed by atoms with E-state index in [0.717, 1.165) is 11.9 Å². The number of halogens is 2. The predicted octanol–water partition coefficient (Wildman–Crippen LogP) is 3.03. The van der Waals surface area contributed by atoms with Gasteiger partial charge in [0, 0.05) is 11.9 Å². The summed E-state index contributed by atoms with van der Waals surface area (Å²) in [7, 11) is 1.18. The molecule has 0 radical (unpaired) electrons. The van der Waals surface area contributed by atoms with Gasteiger partial charge in [0.15, 0.2) is 0 Å². The van der Waals surface area contributed by atoms with E-state index in [1.165, 1.54) is 0 Å². The molecule has 0 aliphatic heterocycles. The van der Waals surface area contributed by atoms with Gasteiger partial charge in [0.25, 0.3) is 8.53 Å². The van der Waals surface area contributed by atoms with E-state index >= 15 is 0 Å². The van der Waals surface area contributed by atoms with Crippen LogP contribution < -0.4 is 0 Å². The van der Waals surface area contributed by atoms with Crippen LogP contribution >= 0.6 is 36.9 Å². The minimum Gasteiger partial charge on any atom is -0.322 e. The molecule has 82 valence electrons. The van der Waals surface area contributed by atoms with Gasteiger partial charge in [-0.3, -0.25) is 0 Å². The van der Waals surface area contributed by atoms with Gasteiger partial charge in [-0.2, -0.15) is 0 Å². The molecule has 0 rings (SSSR count). The summed E-state index contributed by atoms with van der Waals surface area (Å²) in [5.74, 6) is 0. The van der Waals surface area contributed by atoms with Crippen LogP contribution in [0, 0.1) is 0 Å². The van der Waals surface area contributed by atoms with Crippen LogP contribution in [0.5, 0.6) is 0 Å². The third kappa shape index (κ3) is 8.10. The Morgan fingerprint density at radius 3 is 2.31 bits per heavy atom. The predicted molar refractivity (Wildman–Crippen MR) is 63.8 cm³/mol. The summed E-state index contributed by atoms with van der Waals surface area (Å²) in [5.41, 5.74) is 0. The molecule has 3 nitrogen and oxygen atoms in total. The summed E-state index contributed by atoms with van der Waals surface area (Å²) >= 11 is 3.31. The average molecular weight is 295 g/mol. The lowest BCUT2D eigenvalue weighted by molar-refractivity contribution is 0.232. The Balaban J connectivity index is 0. The van der Waals surface area contributed by atoms with Crippen molar-refractivity contribution in [2.45, 2.75) is 13.8 Å². The highest BCUT2D eigenvalue weighted by atomic mass is 79.9. The summed E-state index contributed by atoms with van der Waals surface area (Å²) in [5, 5.41) is 0.858. The molecule has 0 fully saturated rings. The SMILES string of the molecule is CCOP(OCCBr)N(C)CC.Cl. The van der Waals surface area contributed by atoms with Gasteiger partial charge in [0.1, 0.15) is 0 Å². The zero-order chi connectivity index (χ0) is 9.40. The number of alkyl halides is 1. The average Bonchev–Trinajstić information content (AvgIpc) is 2.11. The van der Waals surface area contributed by atoms with Crippen molar-refractivity contribution in [2.24, 2.45) is 0 Å². The second-order valence-electron chi connectivity index (χ2n) is 2.15. The summed E-state index contributed by atoms with van der Waals surface area (Å²) < 4.78 is 13.0. The van der Waals surface area contributed by atoms with Gasteiger partial charge in [-0.15, -0.1) is 12.4 Å². The van der Waals surface area contributed by atoms with E-state index in [9.17, 15) is 0 Å². The molecule has 0 aromatic rings. The lowest BCUT2D eigenvalue weighted by atomic mass is 10.8. The van der Waals surface area contributed by atoms with Crippen LogP contribution in [0.25, 0.3) is 0 Å². The molecule has 0 aromatic carbocycles. The topological polar surface area (TPSA) is 21.7 Å². The molecule has 0 aromatic heterocycles. The molecule has 1 unspecified atom stereocenters. The molecule has 0 aliphatic carbocycles. The zero-order valence-corrected chi connectivity index (χ0v) is 11.6. The fourth-order valence-electron chi connectivity index (χ4n) is 0.573. The molecule has 13 heavy (non-hydrogen) atoms. The molecule has 0 amide bonds. The van der Waals surface area contributed by atoms with E-state index in [2.05, 4.69) is 27.5 Å². The van der Waals surface area contributed by atoms with E-state index in [1.54, 1.807) is 0 Å². The largest absolute Gasteiger partial charge is 0.322 e. The van der Waals surface area contributed by atoms with Crippen molar-refractivity contribution in [1.29, 1.82) is 0 Å². The highest BCUT2D eigenvalue weighted by molar-refractivity contribution is 9.09. The first kappa shape index (κ1) is 16.5. The van der Waals surface area contributed by atoms with Crippen LogP contribution in [0.2, 0.25) is 0 Å². The fraction of sp³-hybridized carbons (Fsp3) is 1.00. The second kappa shape index (κ2) is 11.2. The van der Waals surface area contributed by atoms with Gasteiger partial charge in [-0.1, -0.05) is 22.9 Å². The minimum absolute atomic E-state index is 0. The summed E-state index contributed by atoms with van der Waals surface area (Å²) in [6, 6.07) is 0. The quantitative estimate of drug-likeness (QED) is 0.532. The van der Waals surface area contributed by atoms with Crippen LogP contribution in [0.15, 0.2) is 0 Å². The molecule has 1 atom stereocenters. The van der Waals surface area contributed by atoms with Gasteiger partial charge in [-0.25, -0.2) is 4.67 Å². The van der Waals surface area contributed by atoms with Crippen LogP contribution in [-0.2, 0) is 9.05 Å². The van der Waals surface area contributed by atoms with E-state index in [1.807, 2.05) is 14.0 Å². The molecule has 0 heterocycles. The maximum Gasteiger partial charge on any atom is 0.258 e. The highest BCUT2D eigenvalue weighted by Crippen LogP contribution is 2.40. The van der Waals surface area contributed by atoms with Crippen molar-refractivity contribution >= 4 is 36.9 Å². The summed E-state index contributed by atoms with van der Waals surface area (Å²) in [4.78, 5) is 0. The Morgan fingerprint density at radius 1 is 1.31 bits per heavy atom. The summed E-state index contributed by atoms with van der Waals surface area (Å²) in [6.45, 7) is 6.44. The smallest absolute Gasteiger partial charge is 0.258 e. The number of hydrogen-bond acceptors (Lipinski definition) is 3. The van der Waals surface area contributed by atoms with E-state index in [0.29, 0.717) is 13.2 Å². The van der Waals surface area contributed by atoms with Gasteiger partial charge < -0.3 is 9.05 Å². The van der Waals surface area contributed by atoms with Gasteiger partial charge in [0.05, 0.1) is 13.2 Å². The molecule has 0 saturated carbocycles.